The molecule has 0 aliphatic heterocycles. The van der Waals surface area contributed by atoms with E-state index in [0.29, 0.717) is 11.8 Å². The van der Waals surface area contributed by atoms with Crippen LogP contribution in [-0.4, -0.2) is 17.7 Å². The molecule has 0 spiro atoms. The third kappa shape index (κ3) is 1.90. The number of amides is 1. The predicted octanol–water partition coefficient (Wildman–Crippen LogP) is 0.831. The number of hydrogen-bond donors (Lipinski definition) is 2. The molecule has 0 saturated heterocycles. The van der Waals surface area contributed by atoms with Gasteiger partial charge in [-0.2, -0.15) is 12.6 Å². The summed E-state index contributed by atoms with van der Waals surface area (Å²) in [6.45, 7) is 2.15. The Kier molecular flexibility index (Phi) is 2.60. The van der Waals surface area contributed by atoms with Crippen LogP contribution in [-0.2, 0) is 4.79 Å². The number of thiol groups is 1. The Bertz CT molecular complexity index is 138. The summed E-state index contributed by atoms with van der Waals surface area (Å²) in [6.07, 6.45) is 2.34. The first-order chi connectivity index (χ1) is 4.77. The summed E-state index contributed by atoms with van der Waals surface area (Å²) in [7, 11) is 0. The van der Waals surface area contributed by atoms with E-state index < -0.39 is 0 Å². The highest BCUT2D eigenvalue weighted by molar-refractivity contribution is 7.81. The molecule has 1 amide bonds. The van der Waals surface area contributed by atoms with E-state index in [-0.39, 0.29) is 5.91 Å². The van der Waals surface area contributed by atoms with E-state index in [0.717, 1.165) is 12.3 Å². The molecule has 0 radical (unpaired) electrons. The van der Waals surface area contributed by atoms with Crippen molar-refractivity contribution in [2.75, 3.05) is 5.75 Å². The molecule has 1 N–H and O–H groups in total. The maximum absolute atomic E-state index is 10.7. The van der Waals surface area contributed by atoms with Crippen molar-refractivity contribution >= 4 is 18.5 Å². The molecule has 2 unspecified atom stereocenters. The molecular formula is C7H13NOS. The highest BCUT2D eigenvalue weighted by Gasteiger charge is 2.35. The lowest BCUT2D eigenvalue weighted by atomic mass is 10.3. The standard InChI is InChI=1S/C7H13NOS/c1-2-5-3-6(5)8-7(9)4-10/h5-6,10H,2-4H2,1H3,(H,8,9). The van der Waals surface area contributed by atoms with Crippen LogP contribution in [0.25, 0.3) is 0 Å². The summed E-state index contributed by atoms with van der Waals surface area (Å²) in [5.74, 6) is 1.11. The number of rotatable bonds is 3. The number of carbonyl (C=O) groups is 1. The topological polar surface area (TPSA) is 29.1 Å². The first-order valence-electron chi connectivity index (χ1n) is 3.68. The molecule has 0 aromatic rings. The fourth-order valence-corrected chi connectivity index (χ4v) is 1.22. The minimum Gasteiger partial charge on any atom is -0.352 e. The lowest BCUT2D eigenvalue weighted by molar-refractivity contribution is -0.118. The van der Waals surface area contributed by atoms with Gasteiger partial charge in [0.25, 0.3) is 0 Å². The summed E-state index contributed by atoms with van der Waals surface area (Å²) in [6, 6.07) is 0.463. The van der Waals surface area contributed by atoms with Crippen LogP contribution in [0.2, 0.25) is 0 Å². The van der Waals surface area contributed by atoms with E-state index in [1.807, 2.05) is 0 Å². The fraction of sp³-hybridized carbons (Fsp3) is 0.857. The Balaban J connectivity index is 2.11. The van der Waals surface area contributed by atoms with Gasteiger partial charge >= 0.3 is 0 Å². The average Bonchev–Trinajstić information content (AvgIpc) is 2.67. The van der Waals surface area contributed by atoms with Gasteiger partial charge in [-0.1, -0.05) is 13.3 Å². The third-order valence-electron chi connectivity index (χ3n) is 1.94. The van der Waals surface area contributed by atoms with E-state index in [1.54, 1.807) is 0 Å². The zero-order chi connectivity index (χ0) is 7.56. The van der Waals surface area contributed by atoms with Crippen molar-refractivity contribution in [2.24, 2.45) is 5.92 Å². The Morgan fingerprint density at radius 1 is 1.80 bits per heavy atom. The SMILES string of the molecule is CCC1CC1NC(=O)CS. The smallest absolute Gasteiger partial charge is 0.229 e. The van der Waals surface area contributed by atoms with Gasteiger partial charge in [-0.25, -0.2) is 0 Å². The monoisotopic (exact) mass is 159 g/mol. The third-order valence-corrected chi connectivity index (χ3v) is 2.22. The van der Waals surface area contributed by atoms with Crippen LogP contribution in [0.15, 0.2) is 0 Å². The van der Waals surface area contributed by atoms with Crippen LogP contribution < -0.4 is 5.32 Å². The number of hydrogen-bond acceptors (Lipinski definition) is 2. The van der Waals surface area contributed by atoms with Gasteiger partial charge in [0.2, 0.25) is 5.91 Å². The second kappa shape index (κ2) is 3.28. The van der Waals surface area contributed by atoms with Crippen molar-refractivity contribution < 1.29 is 4.79 Å². The van der Waals surface area contributed by atoms with Crippen molar-refractivity contribution in [1.29, 1.82) is 0 Å². The van der Waals surface area contributed by atoms with Crippen molar-refractivity contribution in [2.45, 2.75) is 25.8 Å². The van der Waals surface area contributed by atoms with Crippen molar-refractivity contribution in [1.82, 2.24) is 5.32 Å². The van der Waals surface area contributed by atoms with E-state index >= 15 is 0 Å². The second-order valence-electron chi connectivity index (χ2n) is 2.74. The molecule has 1 aliphatic carbocycles. The van der Waals surface area contributed by atoms with Crippen LogP contribution in [0, 0.1) is 5.92 Å². The largest absolute Gasteiger partial charge is 0.352 e. The lowest BCUT2D eigenvalue weighted by Crippen LogP contribution is -2.27. The summed E-state index contributed by atoms with van der Waals surface area (Å²) < 4.78 is 0. The van der Waals surface area contributed by atoms with Gasteiger partial charge in [-0.15, -0.1) is 0 Å². The van der Waals surface area contributed by atoms with E-state index in [4.69, 9.17) is 0 Å². The average molecular weight is 159 g/mol. The molecule has 0 aromatic heterocycles. The predicted molar refractivity (Wildman–Crippen MR) is 44.2 cm³/mol. The van der Waals surface area contributed by atoms with Gasteiger partial charge in [-0.05, 0) is 12.3 Å². The molecule has 3 heteroatoms. The molecule has 1 aliphatic rings. The lowest BCUT2D eigenvalue weighted by Gasteiger charge is -1.99. The second-order valence-corrected chi connectivity index (χ2v) is 3.05. The normalized spacial score (nSPS) is 29.8. The Morgan fingerprint density at radius 3 is 2.90 bits per heavy atom. The van der Waals surface area contributed by atoms with Gasteiger partial charge in [0, 0.05) is 6.04 Å². The summed E-state index contributed by atoms with van der Waals surface area (Å²) in [5.41, 5.74) is 0. The molecule has 0 heterocycles. The first-order valence-corrected chi connectivity index (χ1v) is 4.31. The van der Waals surface area contributed by atoms with Crippen LogP contribution in [0.5, 0.6) is 0 Å². The molecule has 0 bridgehead atoms. The Hall–Kier alpha value is -0.180. The fourth-order valence-electron chi connectivity index (χ4n) is 1.13. The Morgan fingerprint density at radius 2 is 2.50 bits per heavy atom. The van der Waals surface area contributed by atoms with Gasteiger partial charge in [-0.3, -0.25) is 4.79 Å². The summed E-state index contributed by atoms with van der Waals surface area (Å²) in [5, 5.41) is 2.89. The minimum atomic E-state index is 0.0595. The zero-order valence-corrected chi connectivity index (χ0v) is 7.03. The van der Waals surface area contributed by atoms with Crippen molar-refractivity contribution in [3.63, 3.8) is 0 Å². The molecular weight excluding hydrogens is 146 g/mol. The number of carbonyl (C=O) groups excluding carboxylic acids is 1. The molecule has 1 saturated carbocycles. The van der Waals surface area contributed by atoms with E-state index in [1.165, 1.54) is 6.42 Å². The van der Waals surface area contributed by atoms with Gasteiger partial charge in [0.1, 0.15) is 0 Å². The van der Waals surface area contributed by atoms with Gasteiger partial charge in [0.15, 0.2) is 0 Å². The molecule has 0 aromatic carbocycles. The maximum atomic E-state index is 10.7. The quantitative estimate of drug-likeness (QED) is 0.587. The van der Waals surface area contributed by atoms with E-state index in [2.05, 4.69) is 24.9 Å². The Labute approximate surface area is 66.8 Å². The molecule has 58 valence electrons. The van der Waals surface area contributed by atoms with Crippen LogP contribution in [0.1, 0.15) is 19.8 Å². The van der Waals surface area contributed by atoms with Crippen molar-refractivity contribution in [3.8, 4) is 0 Å². The van der Waals surface area contributed by atoms with Crippen LogP contribution >= 0.6 is 12.6 Å². The number of nitrogens with one attached hydrogen (secondary N) is 1. The maximum Gasteiger partial charge on any atom is 0.229 e. The minimum absolute atomic E-state index is 0.0595. The van der Waals surface area contributed by atoms with Gasteiger partial charge < -0.3 is 5.32 Å². The first kappa shape index (κ1) is 7.92. The van der Waals surface area contributed by atoms with Crippen LogP contribution in [0.4, 0.5) is 0 Å². The highest BCUT2D eigenvalue weighted by Crippen LogP contribution is 2.32. The molecule has 1 rings (SSSR count). The molecule has 2 nitrogen and oxygen atoms in total. The summed E-state index contributed by atoms with van der Waals surface area (Å²) in [4.78, 5) is 10.7. The summed E-state index contributed by atoms with van der Waals surface area (Å²) >= 11 is 3.86. The molecule has 2 atom stereocenters. The van der Waals surface area contributed by atoms with E-state index in [9.17, 15) is 4.79 Å². The van der Waals surface area contributed by atoms with Gasteiger partial charge in [0.05, 0.1) is 5.75 Å². The molecule has 1 fully saturated rings. The van der Waals surface area contributed by atoms with Crippen LogP contribution in [0.3, 0.4) is 0 Å². The zero-order valence-electron chi connectivity index (χ0n) is 6.13. The molecule has 10 heavy (non-hydrogen) atoms. The highest BCUT2D eigenvalue weighted by atomic mass is 32.1. The van der Waals surface area contributed by atoms with Crippen molar-refractivity contribution in [3.05, 3.63) is 0 Å².